The first kappa shape index (κ1) is 22.2. The van der Waals surface area contributed by atoms with Gasteiger partial charge < -0.3 is 5.32 Å². The molecule has 3 aromatic carbocycles. The summed E-state index contributed by atoms with van der Waals surface area (Å²) in [7, 11) is 0. The molecule has 4 aromatic rings. The number of rotatable bonds is 7. The monoisotopic (exact) mass is 510 g/mol. The van der Waals surface area contributed by atoms with E-state index >= 15 is 0 Å². The van der Waals surface area contributed by atoms with Gasteiger partial charge in [-0.05, 0) is 42.8 Å². The van der Waals surface area contributed by atoms with Crippen molar-refractivity contribution in [3.8, 4) is 5.69 Å². The fourth-order valence-electron chi connectivity index (χ4n) is 3.15. The van der Waals surface area contributed by atoms with Gasteiger partial charge in [-0.1, -0.05) is 75.7 Å². The van der Waals surface area contributed by atoms with Crippen LogP contribution in [0, 0.1) is 12.7 Å². The number of aromatic nitrogens is 3. The zero-order chi connectivity index (χ0) is 22.5. The molecule has 0 radical (unpaired) electrons. The van der Waals surface area contributed by atoms with Gasteiger partial charge >= 0.3 is 0 Å². The van der Waals surface area contributed by atoms with Crippen LogP contribution in [0.25, 0.3) is 5.69 Å². The molecule has 0 bridgehead atoms. The first-order valence-corrected chi connectivity index (χ1v) is 11.7. The number of hydrogen-bond acceptors (Lipinski definition) is 4. The molecule has 32 heavy (non-hydrogen) atoms. The number of amides is 1. The summed E-state index contributed by atoms with van der Waals surface area (Å²) in [6.45, 7) is 2.03. The molecule has 8 heteroatoms. The van der Waals surface area contributed by atoms with Gasteiger partial charge in [0.15, 0.2) is 5.16 Å². The number of thioether (sulfide) groups is 1. The summed E-state index contributed by atoms with van der Waals surface area (Å²) >= 11 is 4.47. The topological polar surface area (TPSA) is 59.8 Å². The maximum absolute atomic E-state index is 14.0. The minimum atomic E-state index is -0.495. The highest BCUT2D eigenvalue weighted by molar-refractivity contribution is 9.10. The maximum Gasteiger partial charge on any atom is 0.234 e. The van der Waals surface area contributed by atoms with E-state index in [9.17, 15) is 9.18 Å². The van der Waals surface area contributed by atoms with Crippen LogP contribution in [0.2, 0.25) is 0 Å². The van der Waals surface area contributed by atoms with E-state index in [1.165, 1.54) is 23.9 Å². The largest absolute Gasteiger partial charge is 0.323 e. The average molecular weight is 511 g/mol. The molecule has 1 aromatic heterocycles. The second-order valence-electron chi connectivity index (χ2n) is 7.19. The molecule has 0 aliphatic rings. The summed E-state index contributed by atoms with van der Waals surface area (Å²) in [4.78, 5) is 12.4. The van der Waals surface area contributed by atoms with Gasteiger partial charge in [0.05, 0.1) is 11.4 Å². The van der Waals surface area contributed by atoms with E-state index < -0.39 is 5.82 Å². The molecule has 5 nitrogen and oxygen atoms in total. The fourth-order valence-corrected chi connectivity index (χ4v) is 4.25. The average Bonchev–Trinajstić information content (AvgIpc) is 3.18. The Hall–Kier alpha value is -2.97. The molecule has 0 saturated carbocycles. The Morgan fingerprint density at radius 2 is 1.81 bits per heavy atom. The van der Waals surface area contributed by atoms with E-state index in [-0.39, 0.29) is 17.3 Å². The quantitative estimate of drug-likeness (QED) is 0.319. The van der Waals surface area contributed by atoms with E-state index in [2.05, 4.69) is 31.4 Å². The summed E-state index contributed by atoms with van der Waals surface area (Å²) in [5.41, 5.74) is 3.33. The zero-order valence-corrected chi connectivity index (χ0v) is 19.7. The van der Waals surface area contributed by atoms with Crippen LogP contribution < -0.4 is 5.32 Å². The summed E-state index contributed by atoms with van der Waals surface area (Å²) in [5.74, 6) is 0.0390. The SMILES string of the molecule is Cc1ccc(-n2c(Cc3ccccc3)nnc2SCC(=O)Nc2ccc(Br)cc2F)cc1. The Kier molecular flexibility index (Phi) is 7.02. The number of nitrogens with zero attached hydrogens (tertiary/aromatic N) is 3. The molecule has 162 valence electrons. The van der Waals surface area contributed by atoms with Crippen molar-refractivity contribution in [2.24, 2.45) is 0 Å². The van der Waals surface area contributed by atoms with Gasteiger partial charge in [-0.2, -0.15) is 0 Å². The molecule has 1 N–H and O–H groups in total. The second-order valence-corrected chi connectivity index (χ2v) is 9.05. The number of benzene rings is 3. The second kappa shape index (κ2) is 10.1. The van der Waals surface area contributed by atoms with Crippen molar-refractivity contribution in [1.82, 2.24) is 14.8 Å². The minimum Gasteiger partial charge on any atom is -0.323 e. The van der Waals surface area contributed by atoms with E-state index in [0.29, 0.717) is 16.0 Å². The van der Waals surface area contributed by atoms with Crippen LogP contribution in [0.15, 0.2) is 82.4 Å². The summed E-state index contributed by atoms with van der Waals surface area (Å²) < 4.78 is 16.6. The Labute approximate surface area is 198 Å². The Balaban J connectivity index is 1.55. The molecular weight excluding hydrogens is 491 g/mol. The predicted octanol–water partition coefficient (Wildman–Crippen LogP) is 5.80. The van der Waals surface area contributed by atoms with Gasteiger partial charge in [-0.25, -0.2) is 4.39 Å². The molecule has 0 atom stereocenters. The third kappa shape index (κ3) is 5.44. The predicted molar refractivity (Wildman–Crippen MR) is 129 cm³/mol. The van der Waals surface area contributed by atoms with Crippen LogP contribution in [-0.2, 0) is 11.2 Å². The normalized spacial score (nSPS) is 10.8. The summed E-state index contributed by atoms with van der Waals surface area (Å²) in [5, 5.41) is 11.9. The van der Waals surface area contributed by atoms with Crippen molar-refractivity contribution in [1.29, 1.82) is 0 Å². The van der Waals surface area contributed by atoms with Crippen LogP contribution in [0.4, 0.5) is 10.1 Å². The van der Waals surface area contributed by atoms with Crippen molar-refractivity contribution in [3.63, 3.8) is 0 Å². The molecule has 0 spiro atoms. The van der Waals surface area contributed by atoms with Crippen LogP contribution in [0.1, 0.15) is 17.0 Å². The Bertz CT molecular complexity index is 1230. The number of nitrogens with one attached hydrogen (secondary N) is 1. The molecule has 0 fully saturated rings. The van der Waals surface area contributed by atoms with Crippen LogP contribution in [-0.4, -0.2) is 26.4 Å². The molecule has 4 rings (SSSR count). The van der Waals surface area contributed by atoms with E-state index in [1.54, 1.807) is 6.07 Å². The van der Waals surface area contributed by atoms with Gasteiger partial charge in [0, 0.05) is 16.6 Å². The Morgan fingerprint density at radius 1 is 1.06 bits per heavy atom. The van der Waals surface area contributed by atoms with Crippen molar-refractivity contribution in [2.45, 2.75) is 18.5 Å². The number of halogens is 2. The van der Waals surface area contributed by atoms with Gasteiger partial charge in [0.1, 0.15) is 11.6 Å². The number of carbonyl (C=O) groups excluding carboxylic acids is 1. The van der Waals surface area contributed by atoms with E-state index in [1.807, 2.05) is 66.1 Å². The third-order valence-electron chi connectivity index (χ3n) is 4.74. The van der Waals surface area contributed by atoms with Gasteiger partial charge in [-0.3, -0.25) is 9.36 Å². The van der Waals surface area contributed by atoms with Crippen molar-refractivity contribution < 1.29 is 9.18 Å². The number of anilines is 1. The smallest absolute Gasteiger partial charge is 0.234 e. The van der Waals surface area contributed by atoms with E-state index in [4.69, 9.17) is 0 Å². The molecule has 0 unspecified atom stereocenters. The van der Waals surface area contributed by atoms with E-state index in [0.717, 1.165) is 22.6 Å². The third-order valence-corrected chi connectivity index (χ3v) is 6.16. The van der Waals surface area contributed by atoms with Crippen molar-refractivity contribution >= 4 is 39.3 Å². The lowest BCUT2D eigenvalue weighted by atomic mass is 10.1. The molecule has 0 saturated heterocycles. The molecule has 1 amide bonds. The Morgan fingerprint density at radius 3 is 2.53 bits per heavy atom. The molecular formula is C24H20BrFN4OS. The number of carbonyl (C=O) groups is 1. The van der Waals surface area contributed by atoms with Crippen molar-refractivity contribution in [2.75, 3.05) is 11.1 Å². The van der Waals surface area contributed by atoms with Gasteiger partial charge in [0.2, 0.25) is 5.91 Å². The highest BCUT2D eigenvalue weighted by Crippen LogP contribution is 2.25. The van der Waals surface area contributed by atoms with Crippen molar-refractivity contribution in [3.05, 3.63) is 100 Å². The summed E-state index contributed by atoms with van der Waals surface area (Å²) in [6, 6.07) is 22.6. The minimum absolute atomic E-state index is 0.0742. The van der Waals surface area contributed by atoms with Crippen LogP contribution in [0.3, 0.4) is 0 Å². The lowest BCUT2D eigenvalue weighted by molar-refractivity contribution is -0.113. The zero-order valence-electron chi connectivity index (χ0n) is 17.3. The first-order valence-electron chi connectivity index (χ1n) is 9.92. The molecule has 0 aliphatic carbocycles. The molecule has 1 heterocycles. The highest BCUT2D eigenvalue weighted by Gasteiger charge is 2.17. The molecule has 0 aliphatic heterocycles. The summed E-state index contributed by atoms with van der Waals surface area (Å²) in [6.07, 6.45) is 0.610. The lowest BCUT2D eigenvalue weighted by Gasteiger charge is -2.11. The highest BCUT2D eigenvalue weighted by atomic mass is 79.9. The van der Waals surface area contributed by atoms with Crippen LogP contribution >= 0.6 is 27.7 Å². The van der Waals surface area contributed by atoms with Gasteiger partial charge in [-0.15, -0.1) is 10.2 Å². The van der Waals surface area contributed by atoms with Gasteiger partial charge in [0.25, 0.3) is 0 Å². The standard InChI is InChI=1S/C24H20BrFN4OS/c1-16-7-10-19(11-8-16)30-22(13-17-5-3-2-4-6-17)28-29-24(30)32-15-23(31)27-21-12-9-18(25)14-20(21)26/h2-12,14H,13,15H2,1H3,(H,27,31). The number of aryl methyl sites for hydroxylation is 1. The first-order chi connectivity index (χ1) is 15.5. The maximum atomic E-state index is 14.0. The lowest BCUT2D eigenvalue weighted by Crippen LogP contribution is -2.15. The van der Waals surface area contributed by atoms with Crippen LogP contribution in [0.5, 0.6) is 0 Å². The fraction of sp³-hybridized carbons (Fsp3) is 0.125. The number of hydrogen-bond donors (Lipinski definition) is 1.